The van der Waals surface area contributed by atoms with Gasteiger partial charge in [-0.15, -0.1) is 0 Å². The first-order valence-corrected chi connectivity index (χ1v) is 10.8. The fourth-order valence-corrected chi connectivity index (χ4v) is 4.13. The summed E-state index contributed by atoms with van der Waals surface area (Å²) in [5.41, 5.74) is 6.09. The Morgan fingerprint density at radius 2 is 1.85 bits per heavy atom. The summed E-state index contributed by atoms with van der Waals surface area (Å²) in [4.78, 5) is 19.3. The molecule has 5 rings (SSSR count). The number of guanidine groups is 1. The van der Waals surface area contributed by atoms with Crippen LogP contribution in [0.25, 0.3) is 0 Å². The summed E-state index contributed by atoms with van der Waals surface area (Å²) >= 11 is 0. The number of halogens is 3. The van der Waals surface area contributed by atoms with Crippen LogP contribution in [0.3, 0.4) is 0 Å². The molecule has 2 N–H and O–H groups in total. The lowest BCUT2D eigenvalue weighted by Crippen LogP contribution is -2.41. The van der Waals surface area contributed by atoms with Crippen molar-refractivity contribution in [3.63, 3.8) is 0 Å². The number of nitrogens with zero attached hydrogens (tertiary/aromatic N) is 2. The summed E-state index contributed by atoms with van der Waals surface area (Å²) in [5.74, 6) is 5.45. The van der Waals surface area contributed by atoms with E-state index in [1.807, 2.05) is 0 Å². The second-order valence-corrected chi connectivity index (χ2v) is 8.69. The van der Waals surface area contributed by atoms with E-state index >= 15 is 0 Å². The molecule has 33 heavy (non-hydrogen) atoms. The number of ether oxygens (including phenoxy) is 1. The molecule has 0 aromatic heterocycles. The van der Waals surface area contributed by atoms with Gasteiger partial charge in [-0.1, -0.05) is 24.0 Å². The molecule has 1 amide bonds. The van der Waals surface area contributed by atoms with E-state index in [-0.39, 0.29) is 29.1 Å². The Hall–Kier alpha value is -3.47. The predicted octanol–water partition coefficient (Wildman–Crippen LogP) is 4.10. The van der Waals surface area contributed by atoms with Crippen LogP contribution in [0.5, 0.6) is 5.75 Å². The molecule has 1 heterocycles. The average molecular weight is 453 g/mol. The Bertz CT molecular complexity index is 1230. The van der Waals surface area contributed by atoms with Crippen molar-refractivity contribution in [3.8, 4) is 17.6 Å². The number of carbonyl (C=O) groups excluding carboxylic acids is 1. The number of aliphatic imine (C=N–C) groups is 1. The van der Waals surface area contributed by atoms with Crippen LogP contribution in [0.4, 0.5) is 13.2 Å². The van der Waals surface area contributed by atoms with Gasteiger partial charge in [0.1, 0.15) is 11.6 Å². The molecule has 2 aliphatic carbocycles. The third-order valence-electron chi connectivity index (χ3n) is 6.27. The Morgan fingerprint density at radius 3 is 2.45 bits per heavy atom. The number of nitrogens with two attached hydrogens (primary N) is 1. The van der Waals surface area contributed by atoms with Crippen molar-refractivity contribution < 1.29 is 22.7 Å². The molecule has 5 nitrogen and oxygen atoms in total. The second-order valence-electron chi connectivity index (χ2n) is 8.69. The molecule has 1 atom stereocenters. The molecule has 0 spiro atoms. The van der Waals surface area contributed by atoms with Gasteiger partial charge in [0.15, 0.2) is 11.5 Å². The number of hydrogen-bond donors (Lipinski definition) is 1. The highest BCUT2D eigenvalue weighted by molar-refractivity contribution is 6.09. The maximum atomic E-state index is 14.5. The number of alkyl halides is 2. The van der Waals surface area contributed by atoms with Gasteiger partial charge in [-0.05, 0) is 72.6 Å². The fraction of sp³-hybridized carbons (Fsp3) is 0.360. The second kappa shape index (κ2) is 7.84. The number of hydrogen-bond acceptors (Lipinski definition) is 4. The van der Waals surface area contributed by atoms with Gasteiger partial charge in [-0.3, -0.25) is 9.69 Å². The SMILES string of the molecule is CN1C(=O)[C@](c2ccc(F)c(C#CC3CC3)c2)(c2ccc(OC(F)F)c(C3CC3)c2)N=C1N. The van der Waals surface area contributed by atoms with Crippen LogP contribution in [0, 0.1) is 23.6 Å². The number of rotatable bonds is 5. The molecule has 3 aliphatic rings. The molecule has 0 unspecified atom stereocenters. The number of carbonyl (C=O) groups is 1. The van der Waals surface area contributed by atoms with E-state index in [0.717, 1.165) is 25.7 Å². The van der Waals surface area contributed by atoms with Gasteiger partial charge < -0.3 is 10.5 Å². The highest BCUT2D eigenvalue weighted by atomic mass is 19.3. The summed E-state index contributed by atoms with van der Waals surface area (Å²) < 4.78 is 45.1. The van der Waals surface area contributed by atoms with Gasteiger partial charge in [-0.25, -0.2) is 9.38 Å². The average Bonchev–Trinajstić information content (AvgIpc) is 3.69. The fourth-order valence-electron chi connectivity index (χ4n) is 4.13. The van der Waals surface area contributed by atoms with Gasteiger partial charge in [-0.2, -0.15) is 8.78 Å². The van der Waals surface area contributed by atoms with Gasteiger partial charge in [0.05, 0.1) is 5.56 Å². The lowest BCUT2D eigenvalue weighted by molar-refractivity contribution is -0.129. The largest absolute Gasteiger partial charge is 0.435 e. The van der Waals surface area contributed by atoms with E-state index in [4.69, 9.17) is 10.5 Å². The van der Waals surface area contributed by atoms with E-state index in [1.165, 1.54) is 42.3 Å². The first kappa shape index (κ1) is 21.4. The van der Waals surface area contributed by atoms with Crippen molar-refractivity contribution in [3.05, 3.63) is 64.5 Å². The molecule has 1 aliphatic heterocycles. The van der Waals surface area contributed by atoms with E-state index in [1.54, 1.807) is 6.07 Å². The van der Waals surface area contributed by atoms with Crippen LogP contribution >= 0.6 is 0 Å². The summed E-state index contributed by atoms with van der Waals surface area (Å²) in [6, 6.07) is 8.94. The summed E-state index contributed by atoms with van der Waals surface area (Å²) in [5, 5.41) is 0. The predicted molar refractivity (Wildman–Crippen MR) is 116 cm³/mol. The Balaban J connectivity index is 1.67. The van der Waals surface area contributed by atoms with Gasteiger partial charge in [0.25, 0.3) is 5.91 Å². The number of amides is 1. The maximum Gasteiger partial charge on any atom is 0.387 e. The smallest absolute Gasteiger partial charge is 0.387 e. The summed E-state index contributed by atoms with van der Waals surface area (Å²) in [6.45, 7) is -2.96. The number of likely N-dealkylation sites (N-methyl/N-ethyl adjacent to an activating group) is 1. The van der Waals surface area contributed by atoms with Crippen molar-refractivity contribution >= 4 is 11.9 Å². The zero-order chi connectivity index (χ0) is 23.3. The van der Waals surface area contributed by atoms with E-state index < -0.39 is 23.9 Å². The van der Waals surface area contributed by atoms with Crippen molar-refractivity contribution in [1.29, 1.82) is 0 Å². The zero-order valence-corrected chi connectivity index (χ0v) is 17.9. The van der Waals surface area contributed by atoms with Crippen LogP contribution in [-0.2, 0) is 10.3 Å². The molecule has 2 saturated carbocycles. The molecule has 2 aromatic carbocycles. The van der Waals surface area contributed by atoms with Crippen molar-refractivity contribution in [1.82, 2.24) is 4.90 Å². The van der Waals surface area contributed by atoms with Gasteiger partial charge in [0.2, 0.25) is 0 Å². The van der Waals surface area contributed by atoms with Crippen LogP contribution in [-0.4, -0.2) is 30.4 Å². The van der Waals surface area contributed by atoms with E-state index in [2.05, 4.69) is 16.8 Å². The molecule has 2 aromatic rings. The Labute approximate surface area is 189 Å². The van der Waals surface area contributed by atoms with Gasteiger partial charge in [0, 0.05) is 13.0 Å². The molecule has 0 saturated heterocycles. The maximum absolute atomic E-state index is 14.5. The number of benzene rings is 2. The molecule has 2 fully saturated rings. The van der Waals surface area contributed by atoms with E-state index in [9.17, 15) is 18.0 Å². The zero-order valence-electron chi connectivity index (χ0n) is 17.9. The lowest BCUT2D eigenvalue weighted by Gasteiger charge is -2.27. The topological polar surface area (TPSA) is 67.9 Å². The minimum atomic E-state index is -2.96. The highest BCUT2D eigenvalue weighted by Gasteiger charge is 2.50. The lowest BCUT2D eigenvalue weighted by atomic mass is 9.81. The highest BCUT2D eigenvalue weighted by Crippen LogP contribution is 2.48. The normalized spacial score (nSPS) is 22.3. The Morgan fingerprint density at radius 1 is 1.15 bits per heavy atom. The summed E-state index contributed by atoms with van der Waals surface area (Å²) in [7, 11) is 1.51. The molecule has 8 heteroatoms. The summed E-state index contributed by atoms with van der Waals surface area (Å²) in [6.07, 6.45) is 3.68. The molecular weight excluding hydrogens is 431 g/mol. The molecule has 0 radical (unpaired) electrons. The molecule has 170 valence electrons. The van der Waals surface area contributed by atoms with Crippen LogP contribution in [0.1, 0.15) is 53.9 Å². The van der Waals surface area contributed by atoms with E-state index in [0.29, 0.717) is 16.7 Å². The standard InChI is InChI=1S/C25H22F3N3O2/c1-31-22(32)25(30-24(31)29,17-8-10-20(26)16(12-17)5-4-14-2-3-14)18-9-11-21(33-23(27)28)19(13-18)15-6-7-15/h8-15,23H,2-3,6-7H2,1H3,(H2,29,30)/t25-/m0/s1. The first-order valence-electron chi connectivity index (χ1n) is 10.8. The quantitative estimate of drug-likeness (QED) is 0.694. The van der Waals surface area contributed by atoms with Crippen LogP contribution in [0.15, 0.2) is 41.4 Å². The molecular formula is C25H22F3N3O2. The third kappa shape index (κ3) is 3.82. The van der Waals surface area contributed by atoms with Gasteiger partial charge >= 0.3 is 6.61 Å². The van der Waals surface area contributed by atoms with Crippen LogP contribution in [0.2, 0.25) is 0 Å². The van der Waals surface area contributed by atoms with Crippen molar-refractivity contribution in [2.75, 3.05) is 7.05 Å². The van der Waals surface area contributed by atoms with Crippen molar-refractivity contribution in [2.24, 2.45) is 16.6 Å². The Kier molecular flexibility index (Phi) is 5.08. The minimum Gasteiger partial charge on any atom is -0.435 e. The first-order chi connectivity index (χ1) is 15.8. The third-order valence-corrected chi connectivity index (χ3v) is 6.27. The minimum absolute atomic E-state index is 0.0100. The molecule has 0 bridgehead atoms. The van der Waals surface area contributed by atoms with Crippen molar-refractivity contribution in [2.45, 2.75) is 43.8 Å². The van der Waals surface area contributed by atoms with Crippen LogP contribution < -0.4 is 10.5 Å². The monoisotopic (exact) mass is 453 g/mol.